The van der Waals surface area contributed by atoms with E-state index < -0.39 is 23.8 Å². The van der Waals surface area contributed by atoms with Crippen molar-refractivity contribution in [3.8, 4) is 11.9 Å². The normalized spacial score (nSPS) is 19.1. The minimum atomic E-state index is -1.65. The molecule has 3 aromatic rings. The highest BCUT2D eigenvalue weighted by Crippen LogP contribution is 2.27. The van der Waals surface area contributed by atoms with E-state index in [1.54, 1.807) is 22.9 Å². The molecule has 10 heteroatoms. The smallest absolute Gasteiger partial charge is 0.255 e. The van der Waals surface area contributed by atoms with Crippen molar-refractivity contribution in [3.63, 3.8) is 0 Å². The van der Waals surface area contributed by atoms with E-state index in [4.69, 9.17) is 5.26 Å². The zero-order valence-electron chi connectivity index (χ0n) is 19.0. The number of anilines is 1. The fourth-order valence-electron chi connectivity index (χ4n) is 3.98. The number of aliphatic hydroxyl groups is 2. The van der Waals surface area contributed by atoms with Gasteiger partial charge in [-0.1, -0.05) is 0 Å². The average Bonchev–Trinajstić information content (AvgIpc) is 3.41. The summed E-state index contributed by atoms with van der Waals surface area (Å²) in [6.45, 7) is 2.32. The molecular formula is C24H27FN6O3. The molecule has 178 valence electrons. The molecule has 0 spiro atoms. The third kappa shape index (κ3) is 4.85. The number of carbonyl (C=O) groups excluding carboxylic acids is 1. The van der Waals surface area contributed by atoms with Gasteiger partial charge in [-0.25, -0.2) is 14.4 Å². The second-order valence-electron chi connectivity index (χ2n) is 9.10. The molecule has 1 aliphatic rings. The number of amides is 1. The van der Waals surface area contributed by atoms with Crippen LogP contribution in [0.15, 0.2) is 36.8 Å². The molecule has 3 heterocycles. The maximum atomic E-state index is 14.2. The number of pyridine rings is 2. The topological polar surface area (TPSA) is 136 Å². The van der Waals surface area contributed by atoms with Crippen molar-refractivity contribution in [2.45, 2.75) is 57.0 Å². The minimum absolute atomic E-state index is 0.196. The van der Waals surface area contributed by atoms with Crippen LogP contribution in [0.3, 0.4) is 0 Å². The second kappa shape index (κ2) is 9.37. The average molecular weight is 467 g/mol. The Labute approximate surface area is 196 Å². The molecule has 3 atom stereocenters. The predicted molar refractivity (Wildman–Crippen MR) is 124 cm³/mol. The molecule has 0 radical (unpaired) electrons. The molecule has 3 aromatic heterocycles. The molecule has 0 aliphatic heterocycles. The second-order valence-corrected chi connectivity index (χ2v) is 9.10. The third-order valence-corrected chi connectivity index (χ3v) is 6.07. The fourth-order valence-corrected chi connectivity index (χ4v) is 3.98. The summed E-state index contributed by atoms with van der Waals surface area (Å²) in [5.41, 5.74) is 0.101. The Bertz CT molecular complexity index is 1250. The molecule has 4 rings (SSSR count). The van der Waals surface area contributed by atoms with Gasteiger partial charge in [0.1, 0.15) is 23.7 Å². The Hall–Kier alpha value is -3.55. The Kier molecular flexibility index (Phi) is 6.50. The predicted octanol–water partition coefficient (Wildman–Crippen LogP) is 2.46. The highest BCUT2D eigenvalue weighted by molar-refractivity contribution is 5.99. The molecule has 9 nitrogen and oxygen atoms in total. The summed E-state index contributed by atoms with van der Waals surface area (Å²) >= 11 is 0. The Balaban J connectivity index is 1.67. The van der Waals surface area contributed by atoms with Crippen molar-refractivity contribution in [2.75, 3.05) is 11.9 Å². The number of carbonyl (C=O) groups is 1. The van der Waals surface area contributed by atoms with Crippen LogP contribution in [0.4, 0.5) is 10.1 Å². The highest BCUT2D eigenvalue weighted by atomic mass is 19.1. The number of nitriles is 1. The van der Waals surface area contributed by atoms with Gasteiger partial charge in [0, 0.05) is 30.0 Å². The summed E-state index contributed by atoms with van der Waals surface area (Å²) < 4.78 is 15.9. The molecule has 1 fully saturated rings. The van der Waals surface area contributed by atoms with Gasteiger partial charge in [0.25, 0.3) is 5.91 Å². The van der Waals surface area contributed by atoms with E-state index in [0.717, 1.165) is 18.2 Å². The third-order valence-electron chi connectivity index (χ3n) is 6.07. The lowest BCUT2D eigenvalue weighted by Gasteiger charge is -2.23. The number of aliphatic hydroxyl groups excluding tert-OH is 1. The van der Waals surface area contributed by atoms with Crippen molar-refractivity contribution in [1.29, 1.82) is 5.26 Å². The van der Waals surface area contributed by atoms with Crippen LogP contribution in [0.5, 0.6) is 0 Å². The quantitative estimate of drug-likeness (QED) is 0.420. The zero-order valence-corrected chi connectivity index (χ0v) is 19.0. The van der Waals surface area contributed by atoms with Crippen LogP contribution in [0.25, 0.3) is 16.9 Å². The van der Waals surface area contributed by atoms with Crippen molar-refractivity contribution in [1.82, 2.24) is 19.9 Å². The fraction of sp³-hybridized carbons (Fsp3) is 0.417. The maximum absolute atomic E-state index is 14.2. The van der Waals surface area contributed by atoms with Crippen LogP contribution in [0, 0.1) is 11.3 Å². The summed E-state index contributed by atoms with van der Waals surface area (Å²) in [4.78, 5) is 21.7. The van der Waals surface area contributed by atoms with Gasteiger partial charge in [-0.2, -0.15) is 5.26 Å². The lowest BCUT2D eigenvalue weighted by molar-refractivity contribution is -0.00177. The molecule has 34 heavy (non-hydrogen) atoms. The number of fused-ring (bicyclic) bond motifs is 1. The molecule has 0 saturated heterocycles. The first kappa shape index (κ1) is 23.6. The number of hydrogen-bond donors (Lipinski definition) is 4. The van der Waals surface area contributed by atoms with Gasteiger partial charge in [-0.15, -0.1) is 0 Å². The first-order valence-corrected chi connectivity index (χ1v) is 11.1. The summed E-state index contributed by atoms with van der Waals surface area (Å²) in [5, 5.41) is 35.7. The van der Waals surface area contributed by atoms with E-state index in [1.165, 1.54) is 26.2 Å². The molecule has 4 N–H and O–H groups in total. The van der Waals surface area contributed by atoms with Gasteiger partial charge < -0.3 is 20.8 Å². The molecule has 1 saturated carbocycles. The first-order chi connectivity index (χ1) is 16.2. The van der Waals surface area contributed by atoms with E-state index in [9.17, 15) is 19.4 Å². The van der Waals surface area contributed by atoms with Gasteiger partial charge in [0.05, 0.1) is 41.1 Å². The Morgan fingerprint density at radius 1 is 1.35 bits per heavy atom. The Morgan fingerprint density at radius 2 is 2.15 bits per heavy atom. The number of aromatic nitrogens is 3. The minimum Gasteiger partial charge on any atom is -0.391 e. The lowest BCUT2D eigenvalue weighted by Crippen LogP contribution is -2.42. The number of nitrogens with one attached hydrogen (secondary N) is 2. The van der Waals surface area contributed by atoms with E-state index in [1.807, 2.05) is 6.07 Å². The van der Waals surface area contributed by atoms with Gasteiger partial charge in [-0.05, 0) is 45.2 Å². The lowest BCUT2D eigenvalue weighted by atomic mass is 10.0. The van der Waals surface area contributed by atoms with Gasteiger partial charge >= 0.3 is 0 Å². The number of rotatable bonds is 7. The number of hydrogen-bond acceptors (Lipinski definition) is 7. The molecule has 0 aromatic carbocycles. The van der Waals surface area contributed by atoms with Crippen LogP contribution in [-0.4, -0.2) is 61.1 Å². The number of alkyl halides is 1. The summed E-state index contributed by atoms with van der Waals surface area (Å²) in [6.07, 6.45) is 4.72. The van der Waals surface area contributed by atoms with Crippen molar-refractivity contribution in [2.24, 2.45) is 0 Å². The van der Waals surface area contributed by atoms with Crippen molar-refractivity contribution < 1.29 is 19.4 Å². The maximum Gasteiger partial charge on any atom is 0.255 e. The molecule has 0 bridgehead atoms. The van der Waals surface area contributed by atoms with Crippen LogP contribution in [0.1, 0.15) is 49.0 Å². The molecule has 1 aliphatic carbocycles. The monoisotopic (exact) mass is 466 g/mol. The van der Waals surface area contributed by atoms with Crippen LogP contribution < -0.4 is 10.6 Å². The van der Waals surface area contributed by atoms with E-state index in [-0.39, 0.29) is 18.2 Å². The van der Waals surface area contributed by atoms with Gasteiger partial charge in [0.15, 0.2) is 0 Å². The summed E-state index contributed by atoms with van der Waals surface area (Å²) in [6, 6.07) is 7.06. The van der Waals surface area contributed by atoms with Crippen molar-refractivity contribution in [3.05, 3.63) is 47.9 Å². The summed E-state index contributed by atoms with van der Waals surface area (Å²) in [7, 11) is 0. The van der Waals surface area contributed by atoms with Crippen LogP contribution >= 0.6 is 0 Å². The largest absolute Gasteiger partial charge is 0.391 e. The van der Waals surface area contributed by atoms with Crippen molar-refractivity contribution >= 4 is 22.6 Å². The van der Waals surface area contributed by atoms with Gasteiger partial charge in [-0.3, -0.25) is 9.36 Å². The van der Waals surface area contributed by atoms with E-state index in [2.05, 4.69) is 26.7 Å². The zero-order chi connectivity index (χ0) is 24.5. The van der Waals surface area contributed by atoms with E-state index in [0.29, 0.717) is 29.1 Å². The molecule has 1 amide bonds. The molecular weight excluding hydrogens is 439 g/mol. The first-order valence-electron chi connectivity index (χ1n) is 11.1. The summed E-state index contributed by atoms with van der Waals surface area (Å²) in [5.74, 6) is -0.0614. The molecule has 3 unspecified atom stereocenters. The Morgan fingerprint density at radius 3 is 2.82 bits per heavy atom. The van der Waals surface area contributed by atoms with E-state index >= 15 is 0 Å². The van der Waals surface area contributed by atoms with Gasteiger partial charge in [0.2, 0.25) is 0 Å². The number of halogens is 1. The van der Waals surface area contributed by atoms with Crippen LogP contribution in [0.2, 0.25) is 0 Å². The highest BCUT2D eigenvalue weighted by Gasteiger charge is 2.29. The SMILES string of the molecule is CC(C)(O)C(F)CNC(=O)c1cnc(-n2ccc3cc(C#N)cnc32)cc1NC1CCCC1O. The van der Waals surface area contributed by atoms with Crippen LogP contribution in [-0.2, 0) is 0 Å². The standard InChI is InChI=1S/C24H27FN6O3/c1-24(2,34)20(25)13-29-23(33)16-12-27-21(9-18(16)30-17-4-3-5-19(17)32)31-7-6-15-8-14(10-26)11-28-22(15)31/h6-9,11-12,17,19-20,32,34H,3-5,13H2,1-2H3,(H,27,30)(H,29,33). The number of nitrogens with zero attached hydrogens (tertiary/aromatic N) is 4.